The summed E-state index contributed by atoms with van der Waals surface area (Å²) in [4.78, 5) is 58.9. The molecule has 11 nitrogen and oxygen atoms in total. The molecule has 2 aromatic carbocycles. The van der Waals surface area contributed by atoms with Crippen molar-refractivity contribution in [1.82, 2.24) is 9.80 Å². The number of piperazine rings is 1. The van der Waals surface area contributed by atoms with Crippen molar-refractivity contribution in [3.05, 3.63) is 75.8 Å². The zero-order chi connectivity index (χ0) is 31.5. The summed E-state index contributed by atoms with van der Waals surface area (Å²) in [5.41, 5.74) is -0.129. The Morgan fingerprint density at radius 1 is 1.09 bits per heavy atom. The summed E-state index contributed by atoms with van der Waals surface area (Å²) in [6.45, 7) is 10.2. The Balaban J connectivity index is 1.57. The largest absolute Gasteiger partial charge is 0.481 e. The fourth-order valence-corrected chi connectivity index (χ4v) is 6.68. The number of carbonyl (C=O) groups excluding carboxylic acids is 2. The summed E-state index contributed by atoms with van der Waals surface area (Å²) in [5, 5.41) is 22.1. The van der Waals surface area contributed by atoms with Crippen LogP contribution in [0.3, 0.4) is 0 Å². The van der Waals surface area contributed by atoms with Crippen LogP contribution in [-0.2, 0) is 14.3 Å². The monoisotopic (exact) mass is 592 g/mol. The number of ether oxygens (including phenoxy) is 1. The summed E-state index contributed by atoms with van der Waals surface area (Å²) in [6.07, 6.45) is 0.998. The molecule has 1 saturated heterocycles. The number of nitro benzene ring substituents is 1. The molecule has 2 heterocycles. The maximum absolute atomic E-state index is 13.0. The quantitative estimate of drug-likeness (QED) is 0.256. The van der Waals surface area contributed by atoms with Crippen LogP contribution in [0.15, 0.2) is 59.6 Å². The van der Waals surface area contributed by atoms with Crippen LogP contribution < -0.4 is 0 Å². The summed E-state index contributed by atoms with van der Waals surface area (Å²) >= 11 is 0. The van der Waals surface area contributed by atoms with Crippen molar-refractivity contribution in [1.29, 1.82) is 0 Å². The van der Waals surface area contributed by atoms with Gasteiger partial charge in [0.1, 0.15) is 5.92 Å². The van der Waals surface area contributed by atoms with Crippen LogP contribution in [0.25, 0.3) is 0 Å². The Bertz CT molecular complexity index is 1400. The van der Waals surface area contributed by atoms with Gasteiger partial charge in [-0.05, 0) is 58.2 Å². The van der Waals surface area contributed by atoms with Gasteiger partial charge in [-0.1, -0.05) is 30.3 Å². The van der Waals surface area contributed by atoms with E-state index in [0.29, 0.717) is 55.9 Å². The Labute approximate surface area is 251 Å². The lowest BCUT2D eigenvalue weighted by Crippen LogP contribution is -2.57. The molecule has 0 saturated carbocycles. The van der Waals surface area contributed by atoms with Crippen LogP contribution in [0, 0.1) is 22.0 Å². The van der Waals surface area contributed by atoms with Crippen LogP contribution in [0.1, 0.15) is 62.4 Å². The number of nitro groups is 1. The van der Waals surface area contributed by atoms with Crippen LogP contribution in [0.5, 0.6) is 0 Å². The number of carboxylic acid groups (broad SMARTS) is 1. The van der Waals surface area contributed by atoms with Crippen molar-refractivity contribution < 1.29 is 29.2 Å². The Morgan fingerprint density at radius 2 is 1.74 bits per heavy atom. The number of hydrogen-bond donors (Lipinski definition) is 1. The summed E-state index contributed by atoms with van der Waals surface area (Å²) < 4.78 is 5.05. The van der Waals surface area contributed by atoms with Gasteiger partial charge in [0.15, 0.2) is 0 Å². The van der Waals surface area contributed by atoms with Gasteiger partial charge in [0.25, 0.3) is 11.6 Å². The topological polar surface area (TPSA) is 143 Å². The number of carbonyl (C=O) groups is 3. The van der Waals surface area contributed by atoms with E-state index in [1.54, 1.807) is 19.9 Å². The molecule has 4 unspecified atom stereocenters. The lowest BCUT2D eigenvalue weighted by Gasteiger charge is -2.48. The van der Waals surface area contributed by atoms with Crippen molar-refractivity contribution in [3.63, 3.8) is 0 Å². The van der Waals surface area contributed by atoms with Gasteiger partial charge in [0.05, 0.1) is 23.5 Å². The first-order valence-electron chi connectivity index (χ1n) is 14.5. The molecule has 230 valence electrons. The predicted molar refractivity (Wildman–Crippen MR) is 161 cm³/mol. The fourth-order valence-electron chi connectivity index (χ4n) is 6.68. The molecule has 2 aliphatic rings. The number of benzene rings is 2. The van der Waals surface area contributed by atoms with Crippen molar-refractivity contribution in [2.45, 2.75) is 57.5 Å². The van der Waals surface area contributed by atoms with Crippen molar-refractivity contribution in [2.75, 3.05) is 33.3 Å². The third-order valence-corrected chi connectivity index (χ3v) is 9.14. The van der Waals surface area contributed by atoms with E-state index in [2.05, 4.69) is 18.7 Å². The number of amides is 1. The first-order valence-corrected chi connectivity index (χ1v) is 14.5. The molecule has 11 heteroatoms. The molecule has 4 atom stereocenters. The smallest absolute Gasteiger partial charge is 0.315 e. The van der Waals surface area contributed by atoms with Gasteiger partial charge in [-0.2, -0.15) is 0 Å². The van der Waals surface area contributed by atoms with Gasteiger partial charge in [-0.3, -0.25) is 34.4 Å². The first-order chi connectivity index (χ1) is 20.3. The van der Waals surface area contributed by atoms with Gasteiger partial charge >= 0.3 is 11.9 Å². The minimum atomic E-state index is -1.14. The highest BCUT2D eigenvalue weighted by Gasteiger charge is 2.54. The summed E-state index contributed by atoms with van der Waals surface area (Å²) in [7, 11) is 1.24. The molecule has 43 heavy (non-hydrogen) atoms. The highest BCUT2D eigenvalue weighted by atomic mass is 16.6. The number of carboxylic acids is 1. The summed E-state index contributed by atoms with van der Waals surface area (Å²) in [6, 6.07) is 15.0. The highest BCUT2D eigenvalue weighted by Crippen LogP contribution is 2.48. The van der Waals surface area contributed by atoms with E-state index in [4.69, 9.17) is 9.73 Å². The van der Waals surface area contributed by atoms with E-state index >= 15 is 0 Å². The number of rotatable bonds is 9. The van der Waals surface area contributed by atoms with E-state index < -0.39 is 40.2 Å². The van der Waals surface area contributed by atoms with Gasteiger partial charge in [0, 0.05) is 61.0 Å². The minimum Gasteiger partial charge on any atom is -0.481 e. The number of nitrogens with zero attached hydrogens (tertiary/aromatic N) is 4. The van der Waals surface area contributed by atoms with Gasteiger partial charge in [-0.25, -0.2) is 0 Å². The van der Waals surface area contributed by atoms with Crippen LogP contribution in [0.4, 0.5) is 5.69 Å². The average Bonchev–Trinajstić information content (AvgIpc) is 2.99. The van der Waals surface area contributed by atoms with Crippen LogP contribution in [0.2, 0.25) is 0 Å². The van der Waals surface area contributed by atoms with Crippen molar-refractivity contribution in [2.24, 2.45) is 16.8 Å². The van der Waals surface area contributed by atoms with E-state index in [1.807, 2.05) is 35.2 Å². The number of non-ortho nitro benzene ring substituents is 1. The molecule has 0 aliphatic carbocycles. The summed E-state index contributed by atoms with van der Waals surface area (Å²) in [5.74, 6) is -4.80. The maximum atomic E-state index is 13.0. The van der Waals surface area contributed by atoms with Gasteiger partial charge < -0.3 is 14.7 Å². The SMILES string of the molecule is COC(=O)C1C(C)=NC(C)(CCC(C)(C)N2CCN(C(=O)c3ccccc3)CC2)C(C(=O)O)C1c1cccc([N+](=O)[O-])c1. The Kier molecular flexibility index (Phi) is 9.34. The van der Waals surface area contributed by atoms with Gasteiger partial charge in [-0.15, -0.1) is 0 Å². The molecule has 0 spiro atoms. The van der Waals surface area contributed by atoms with Crippen molar-refractivity contribution in [3.8, 4) is 0 Å². The molecule has 0 radical (unpaired) electrons. The van der Waals surface area contributed by atoms with Crippen LogP contribution in [-0.4, -0.2) is 87.8 Å². The second-order valence-electron chi connectivity index (χ2n) is 12.3. The molecule has 1 N–H and O–H groups in total. The Morgan fingerprint density at radius 3 is 2.33 bits per heavy atom. The minimum absolute atomic E-state index is 0.00855. The third kappa shape index (κ3) is 6.61. The van der Waals surface area contributed by atoms with Crippen LogP contribution >= 0.6 is 0 Å². The van der Waals surface area contributed by atoms with E-state index in [0.717, 1.165) is 0 Å². The standard InChI is InChI=1S/C32H40N4O7/c1-21-25(30(40)43-5)26(23-12-9-13-24(20-23)36(41)42)27(29(38)39)32(4,33-21)15-14-31(2,3)35-18-16-34(17-19-35)28(37)22-10-7-6-8-11-22/h6-13,20,25-27H,14-19H2,1-5H3,(H,38,39). The Hall–Kier alpha value is -4.12. The number of methoxy groups -OCH3 is 1. The second kappa shape index (κ2) is 12.6. The molecule has 4 rings (SSSR count). The number of aliphatic carboxylic acids is 1. The molecule has 1 fully saturated rings. The molecule has 1 amide bonds. The molecular weight excluding hydrogens is 552 g/mol. The molecule has 0 aromatic heterocycles. The second-order valence-corrected chi connectivity index (χ2v) is 12.3. The van der Waals surface area contributed by atoms with E-state index in [-0.39, 0.29) is 17.1 Å². The first kappa shape index (κ1) is 31.8. The lowest BCUT2D eigenvalue weighted by atomic mass is 9.63. The molecule has 2 aliphatic heterocycles. The number of esters is 1. The van der Waals surface area contributed by atoms with Gasteiger partial charge in [0.2, 0.25) is 0 Å². The molecule has 2 aromatic rings. The third-order valence-electron chi connectivity index (χ3n) is 9.14. The number of hydrogen-bond acceptors (Lipinski definition) is 8. The maximum Gasteiger partial charge on any atom is 0.315 e. The van der Waals surface area contributed by atoms with E-state index in [9.17, 15) is 29.6 Å². The zero-order valence-electron chi connectivity index (χ0n) is 25.4. The lowest BCUT2D eigenvalue weighted by molar-refractivity contribution is -0.385. The van der Waals surface area contributed by atoms with E-state index in [1.165, 1.54) is 25.3 Å². The zero-order valence-corrected chi connectivity index (χ0v) is 25.4. The molecular formula is C32H40N4O7. The normalized spacial score (nSPS) is 24.6. The van der Waals surface area contributed by atoms with Crippen molar-refractivity contribution >= 4 is 29.2 Å². The number of aliphatic imine (C=N–C) groups is 1. The fraction of sp³-hybridized carbons (Fsp3) is 0.500. The average molecular weight is 593 g/mol. The molecule has 0 bridgehead atoms. The highest BCUT2D eigenvalue weighted by molar-refractivity contribution is 6.04. The predicted octanol–water partition coefficient (Wildman–Crippen LogP) is 4.42.